The fourth-order valence-corrected chi connectivity index (χ4v) is 3.52. The van der Waals surface area contributed by atoms with E-state index in [1.165, 1.54) is 12.1 Å². The Labute approximate surface area is 160 Å². The first kappa shape index (κ1) is 18.4. The van der Waals surface area contributed by atoms with Crippen molar-refractivity contribution in [1.29, 1.82) is 0 Å². The molecule has 0 fully saturated rings. The van der Waals surface area contributed by atoms with E-state index in [0.29, 0.717) is 39.5 Å². The zero-order valence-corrected chi connectivity index (χ0v) is 15.6. The topological polar surface area (TPSA) is 22.4 Å². The first-order valence-electron chi connectivity index (χ1n) is 9.30. The van der Waals surface area contributed by atoms with Crippen molar-refractivity contribution in [3.05, 3.63) is 65.5 Å². The van der Waals surface area contributed by atoms with E-state index in [-0.39, 0.29) is 23.8 Å². The fraction of sp³-hybridized carbons (Fsp3) is 0.217. The molecule has 0 saturated carbocycles. The molecule has 1 heterocycles. The lowest BCUT2D eigenvalue weighted by Gasteiger charge is -2.06. The van der Waals surface area contributed by atoms with Gasteiger partial charge in [0, 0.05) is 16.3 Å². The maximum atomic E-state index is 14.5. The summed E-state index contributed by atoms with van der Waals surface area (Å²) in [5, 5.41) is 1.03. The van der Waals surface area contributed by atoms with Crippen LogP contribution < -0.4 is 4.74 Å². The average Bonchev–Trinajstić information content (AvgIpc) is 3.07. The van der Waals surface area contributed by atoms with E-state index in [1.807, 2.05) is 13.0 Å². The van der Waals surface area contributed by atoms with Crippen LogP contribution in [-0.4, -0.2) is 6.61 Å². The zero-order chi connectivity index (χ0) is 19.8. The van der Waals surface area contributed by atoms with Crippen molar-refractivity contribution in [3.63, 3.8) is 0 Å². The molecule has 2 nitrogen and oxygen atoms in total. The molecule has 0 bridgehead atoms. The summed E-state index contributed by atoms with van der Waals surface area (Å²) < 4.78 is 54.1. The Morgan fingerprint density at radius 3 is 2.43 bits per heavy atom. The van der Waals surface area contributed by atoms with Crippen molar-refractivity contribution in [2.24, 2.45) is 0 Å². The van der Waals surface area contributed by atoms with Crippen molar-refractivity contribution in [1.82, 2.24) is 0 Å². The quantitative estimate of drug-likeness (QED) is 0.369. The molecule has 0 saturated heterocycles. The average molecular weight is 384 g/mol. The second-order valence-corrected chi connectivity index (χ2v) is 6.65. The van der Waals surface area contributed by atoms with Gasteiger partial charge in [-0.15, -0.1) is 0 Å². The molecular formula is C23H19F3O2. The molecule has 0 amide bonds. The van der Waals surface area contributed by atoms with Gasteiger partial charge in [-0.1, -0.05) is 43.7 Å². The summed E-state index contributed by atoms with van der Waals surface area (Å²) in [6, 6.07) is 11.8. The number of rotatable bonds is 5. The van der Waals surface area contributed by atoms with Gasteiger partial charge in [0.2, 0.25) is 11.6 Å². The molecule has 1 aromatic heterocycles. The van der Waals surface area contributed by atoms with Gasteiger partial charge >= 0.3 is 0 Å². The van der Waals surface area contributed by atoms with Crippen molar-refractivity contribution in [3.8, 4) is 16.9 Å². The largest absolute Gasteiger partial charge is 0.491 e. The highest BCUT2D eigenvalue weighted by atomic mass is 19.2. The fourth-order valence-electron chi connectivity index (χ4n) is 3.52. The van der Waals surface area contributed by atoms with Gasteiger partial charge in [0.1, 0.15) is 11.4 Å². The van der Waals surface area contributed by atoms with Crippen LogP contribution in [-0.2, 0) is 6.42 Å². The third-order valence-electron chi connectivity index (χ3n) is 4.82. The minimum absolute atomic E-state index is 0.157. The van der Waals surface area contributed by atoms with Gasteiger partial charge in [0.05, 0.1) is 6.61 Å². The van der Waals surface area contributed by atoms with Gasteiger partial charge in [-0.3, -0.25) is 0 Å². The Morgan fingerprint density at radius 2 is 1.71 bits per heavy atom. The van der Waals surface area contributed by atoms with Crippen LogP contribution >= 0.6 is 0 Å². The predicted octanol–water partition coefficient (Wildman–Crippen LogP) is 7.02. The molecular weight excluding hydrogens is 365 g/mol. The highest BCUT2D eigenvalue weighted by Gasteiger charge is 2.21. The molecule has 4 aromatic rings. The first-order chi connectivity index (χ1) is 13.5. The standard InChI is InChI=1S/C23H19F3O2/c1-3-6-13-9-10-14(11-18(13)24)15-7-5-8-16-17-12-19(27-4-2)20(25)21(26)23(17)28-22(15)16/h5,7-12H,3-4,6H2,1-2H3. The van der Waals surface area contributed by atoms with E-state index in [1.54, 1.807) is 31.2 Å². The number of hydrogen-bond acceptors (Lipinski definition) is 2. The minimum atomic E-state index is -1.09. The molecule has 28 heavy (non-hydrogen) atoms. The number of halogens is 3. The van der Waals surface area contributed by atoms with Gasteiger partial charge in [0.25, 0.3) is 0 Å². The van der Waals surface area contributed by atoms with Crippen LogP contribution in [0.1, 0.15) is 25.8 Å². The number of furan rings is 1. The number of hydrogen-bond donors (Lipinski definition) is 0. The maximum Gasteiger partial charge on any atom is 0.205 e. The molecule has 3 aromatic carbocycles. The summed E-state index contributed by atoms with van der Waals surface area (Å²) in [7, 11) is 0. The molecule has 4 rings (SSSR count). The summed E-state index contributed by atoms with van der Waals surface area (Å²) in [5.74, 6) is -2.61. The van der Waals surface area contributed by atoms with Crippen molar-refractivity contribution >= 4 is 21.9 Å². The van der Waals surface area contributed by atoms with Gasteiger partial charge in [-0.25, -0.2) is 4.39 Å². The molecule has 0 aliphatic heterocycles. The monoisotopic (exact) mass is 384 g/mol. The Morgan fingerprint density at radius 1 is 0.893 bits per heavy atom. The molecule has 0 N–H and O–H groups in total. The number of benzene rings is 3. The van der Waals surface area contributed by atoms with Crippen LogP contribution in [0.15, 0.2) is 46.9 Å². The Balaban J connectivity index is 1.95. The predicted molar refractivity (Wildman–Crippen MR) is 104 cm³/mol. The van der Waals surface area contributed by atoms with Crippen molar-refractivity contribution < 1.29 is 22.3 Å². The van der Waals surface area contributed by atoms with Crippen LogP contribution in [0.5, 0.6) is 5.75 Å². The second-order valence-electron chi connectivity index (χ2n) is 6.65. The lowest BCUT2D eigenvalue weighted by atomic mass is 9.99. The summed E-state index contributed by atoms with van der Waals surface area (Å²) in [6.45, 7) is 3.91. The SMILES string of the molecule is CCCc1ccc(-c2cccc3c2oc2c(F)c(F)c(OCC)cc23)cc1F. The Kier molecular flexibility index (Phi) is 4.75. The second kappa shape index (κ2) is 7.23. The molecule has 5 heteroatoms. The van der Waals surface area contributed by atoms with Crippen molar-refractivity contribution in [2.45, 2.75) is 26.7 Å². The van der Waals surface area contributed by atoms with E-state index < -0.39 is 11.6 Å². The van der Waals surface area contributed by atoms with Gasteiger partial charge in [-0.2, -0.15) is 8.78 Å². The minimum Gasteiger partial charge on any atom is -0.491 e. The van der Waals surface area contributed by atoms with E-state index in [4.69, 9.17) is 9.15 Å². The molecule has 0 atom stereocenters. The van der Waals surface area contributed by atoms with Crippen LogP contribution in [0.25, 0.3) is 33.1 Å². The third kappa shape index (κ3) is 2.91. The number of aryl methyl sites for hydroxylation is 1. The summed E-state index contributed by atoms with van der Waals surface area (Å²) >= 11 is 0. The highest BCUT2D eigenvalue weighted by Crippen LogP contribution is 2.40. The molecule has 0 aliphatic carbocycles. The summed E-state index contributed by atoms with van der Waals surface area (Å²) in [5.41, 5.74) is 2.09. The smallest absolute Gasteiger partial charge is 0.205 e. The Hall–Kier alpha value is -2.95. The molecule has 0 aliphatic rings. The molecule has 0 spiro atoms. The zero-order valence-electron chi connectivity index (χ0n) is 15.6. The lowest BCUT2D eigenvalue weighted by Crippen LogP contribution is -1.97. The Bertz CT molecular complexity index is 1180. The van der Waals surface area contributed by atoms with E-state index in [0.717, 1.165) is 6.42 Å². The first-order valence-corrected chi connectivity index (χ1v) is 9.30. The highest BCUT2D eigenvalue weighted by molar-refractivity contribution is 6.10. The van der Waals surface area contributed by atoms with Crippen LogP contribution in [0, 0.1) is 17.5 Å². The third-order valence-corrected chi connectivity index (χ3v) is 4.82. The van der Waals surface area contributed by atoms with E-state index >= 15 is 0 Å². The number of para-hydroxylation sites is 1. The summed E-state index contributed by atoms with van der Waals surface area (Å²) in [4.78, 5) is 0. The normalized spacial score (nSPS) is 11.5. The summed E-state index contributed by atoms with van der Waals surface area (Å²) in [6.07, 6.45) is 1.51. The molecule has 144 valence electrons. The van der Waals surface area contributed by atoms with Crippen molar-refractivity contribution in [2.75, 3.05) is 6.61 Å². The van der Waals surface area contributed by atoms with E-state index in [9.17, 15) is 13.2 Å². The molecule has 0 unspecified atom stereocenters. The van der Waals surface area contributed by atoms with Gasteiger partial charge < -0.3 is 9.15 Å². The lowest BCUT2D eigenvalue weighted by molar-refractivity contribution is 0.314. The number of fused-ring (bicyclic) bond motifs is 3. The number of ether oxygens (including phenoxy) is 1. The van der Waals surface area contributed by atoms with Gasteiger partial charge in [-0.05, 0) is 36.6 Å². The van der Waals surface area contributed by atoms with Crippen LogP contribution in [0.4, 0.5) is 13.2 Å². The van der Waals surface area contributed by atoms with Gasteiger partial charge in [0.15, 0.2) is 11.3 Å². The molecule has 0 radical (unpaired) electrons. The maximum absolute atomic E-state index is 14.5. The van der Waals surface area contributed by atoms with Crippen LogP contribution in [0.2, 0.25) is 0 Å². The van der Waals surface area contributed by atoms with Crippen LogP contribution in [0.3, 0.4) is 0 Å². The van der Waals surface area contributed by atoms with E-state index in [2.05, 4.69) is 0 Å².